The highest BCUT2D eigenvalue weighted by Gasteiger charge is 2.66. The number of amides is 1. The molecule has 12 heteroatoms. The first-order valence-electron chi connectivity index (χ1n) is 13.6. The number of likely N-dealkylation sites (tertiary alicyclic amines) is 1. The molecule has 1 fully saturated rings. The van der Waals surface area contributed by atoms with Gasteiger partial charge in [-0.3, -0.25) is 9.59 Å². The Morgan fingerprint density at radius 3 is 2.24 bits per heavy atom. The number of halogens is 4. The van der Waals surface area contributed by atoms with Gasteiger partial charge in [0, 0.05) is 24.9 Å². The lowest BCUT2D eigenvalue weighted by Gasteiger charge is -2.33. The maximum Gasteiger partial charge on any atom is 0.507 e. The third kappa shape index (κ3) is 7.68. The van der Waals surface area contributed by atoms with E-state index in [-0.39, 0.29) is 23.7 Å². The molecule has 41 heavy (non-hydrogen) atoms. The number of Topliss-reactive ketones (excluding diaryl/α,β-unsaturated/α-hetero) is 1. The molecule has 2 atom stereocenters. The molecule has 0 aliphatic carbocycles. The molecule has 0 radical (unpaired) electrons. The number of carbonyl (C=O) groups is 2. The molecule has 224 valence electrons. The standard InChI is InChI=1S/C29H34F4N2O6/c1-39-21-12-9-19(10-13-21)23(36)7-3-2-4-8-26(37)34-22(18-35-15-5-6-16-35)27(38)20-11-14-24-25(17-20)41-29(32,33)28(30,31)40-24/h9-14,17,22,27,38H,2-8,15-16,18H2,1H3,(H,34,37)/t22-,27-/m1/s1. The molecule has 0 unspecified atom stereocenters. The number of hydrogen-bond donors (Lipinski definition) is 2. The molecule has 2 aliphatic heterocycles. The molecule has 4 rings (SSSR count). The Kier molecular flexibility index (Phi) is 9.75. The first-order chi connectivity index (χ1) is 19.5. The normalized spacial score (nSPS) is 18.9. The monoisotopic (exact) mass is 582 g/mol. The summed E-state index contributed by atoms with van der Waals surface area (Å²) in [6.45, 7) is 1.87. The van der Waals surface area contributed by atoms with Gasteiger partial charge in [-0.1, -0.05) is 12.5 Å². The van der Waals surface area contributed by atoms with Crippen molar-refractivity contribution in [3.05, 3.63) is 53.6 Å². The van der Waals surface area contributed by atoms with Gasteiger partial charge in [-0.2, -0.15) is 17.6 Å². The summed E-state index contributed by atoms with van der Waals surface area (Å²) in [5.74, 6) is -0.846. The Hall–Kier alpha value is -3.38. The minimum Gasteiger partial charge on any atom is -0.497 e. The molecule has 8 nitrogen and oxygen atoms in total. The third-order valence-electron chi connectivity index (χ3n) is 7.23. The number of aliphatic hydroxyl groups excluding tert-OH is 1. The van der Waals surface area contributed by atoms with E-state index in [1.807, 2.05) is 0 Å². The fourth-order valence-corrected chi connectivity index (χ4v) is 4.92. The smallest absolute Gasteiger partial charge is 0.497 e. The first-order valence-corrected chi connectivity index (χ1v) is 13.6. The quantitative estimate of drug-likeness (QED) is 0.193. The number of fused-ring (bicyclic) bond motifs is 1. The zero-order valence-electron chi connectivity index (χ0n) is 22.7. The number of nitrogens with one attached hydrogen (secondary N) is 1. The number of carbonyl (C=O) groups excluding carboxylic acids is 2. The molecule has 2 heterocycles. The van der Waals surface area contributed by atoms with Crippen molar-refractivity contribution in [2.75, 3.05) is 26.7 Å². The van der Waals surface area contributed by atoms with Crippen molar-refractivity contribution in [3.8, 4) is 17.2 Å². The Morgan fingerprint density at radius 2 is 1.59 bits per heavy atom. The SMILES string of the molecule is COc1ccc(C(=O)CCCCCC(=O)N[C@H](CN2CCCC2)[C@H](O)c2ccc3c(c2)OC(F)(F)C(F)(F)O3)cc1. The highest BCUT2D eigenvalue weighted by molar-refractivity contribution is 5.96. The molecule has 0 spiro atoms. The van der Waals surface area contributed by atoms with E-state index < -0.39 is 35.9 Å². The molecule has 2 aliphatic rings. The number of aliphatic hydroxyl groups is 1. The van der Waals surface area contributed by atoms with Gasteiger partial charge in [0.1, 0.15) is 11.9 Å². The zero-order valence-corrected chi connectivity index (χ0v) is 22.7. The van der Waals surface area contributed by atoms with E-state index in [1.165, 1.54) is 6.07 Å². The minimum atomic E-state index is -4.88. The van der Waals surface area contributed by atoms with Crippen molar-refractivity contribution < 1.29 is 46.5 Å². The van der Waals surface area contributed by atoms with E-state index in [9.17, 15) is 32.3 Å². The van der Waals surface area contributed by atoms with E-state index in [0.717, 1.165) is 38.1 Å². The van der Waals surface area contributed by atoms with Crippen LogP contribution in [0.2, 0.25) is 0 Å². The summed E-state index contributed by atoms with van der Waals surface area (Å²) >= 11 is 0. The summed E-state index contributed by atoms with van der Waals surface area (Å²) in [7, 11) is 1.55. The van der Waals surface area contributed by atoms with Crippen LogP contribution in [0.1, 0.15) is 67.0 Å². The number of alkyl halides is 4. The van der Waals surface area contributed by atoms with Crippen LogP contribution < -0.4 is 19.5 Å². The number of rotatable bonds is 13. The minimum absolute atomic E-state index is 0.00631. The maximum atomic E-state index is 13.7. The first kappa shape index (κ1) is 30.6. The van der Waals surface area contributed by atoms with Gasteiger partial charge in [-0.05, 0) is 80.7 Å². The van der Waals surface area contributed by atoms with E-state index in [2.05, 4.69) is 19.7 Å². The van der Waals surface area contributed by atoms with Gasteiger partial charge < -0.3 is 29.5 Å². The highest BCUT2D eigenvalue weighted by atomic mass is 19.3. The van der Waals surface area contributed by atoms with Crippen LogP contribution in [0.5, 0.6) is 17.2 Å². The topological polar surface area (TPSA) is 97.3 Å². The summed E-state index contributed by atoms with van der Waals surface area (Å²) in [6.07, 6.45) is -6.80. The van der Waals surface area contributed by atoms with Crippen LogP contribution >= 0.6 is 0 Å². The molecule has 2 aromatic carbocycles. The zero-order chi connectivity index (χ0) is 29.6. The van der Waals surface area contributed by atoms with Crippen LogP contribution in [0.25, 0.3) is 0 Å². The second-order valence-corrected chi connectivity index (χ2v) is 10.3. The second-order valence-electron chi connectivity index (χ2n) is 10.3. The summed E-state index contributed by atoms with van der Waals surface area (Å²) in [5.41, 5.74) is 0.703. The lowest BCUT2D eigenvalue weighted by molar-refractivity contribution is -0.391. The largest absolute Gasteiger partial charge is 0.507 e. The number of unbranched alkanes of at least 4 members (excludes halogenated alkanes) is 2. The predicted octanol–water partition coefficient (Wildman–Crippen LogP) is 5.10. The van der Waals surface area contributed by atoms with Gasteiger partial charge >= 0.3 is 12.2 Å². The van der Waals surface area contributed by atoms with Crippen LogP contribution in [-0.4, -0.2) is 66.7 Å². The van der Waals surface area contributed by atoms with Crippen molar-refractivity contribution >= 4 is 11.7 Å². The highest BCUT2D eigenvalue weighted by Crippen LogP contribution is 2.47. The molecule has 1 saturated heterocycles. The summed E-state index contributed by atoms with van der Waals surface area (Å²) in [4.78, 5) is 27.2. The Balaban J connectivity index is 1.31. The number of ketones is 1. The van der Waals surface area contributed by atoms with Crippen molar-refractivity contribution in [3.63, 3.8) is 0 Å². The van der Waals surface area contributed by atoms with Crippen molar-refractivity contribution in [2.24, 2.45) is 0 Å². The molecule has 0 aromatic heterocycles. The van der Waals surface area contributed by atoms with E-state index >= 15 is 0 Å². The average molecular weight is 583 g/mol. The van der Waals surface area contributed by atoms with Gasteiger partial charge in [-0.25, -0.2) is 0 Å². The van der Waals surface area contributed by atoms with Crippen molar-refractivity contribution in [1.29, 1.82) is 0 Å². The second kappa shape index (κ2) is 13.1. The number of methoxy groups -OCH3 is 1. The fraction of sp³-hybridized carbons (Fsp3) is 0.517. The number of benzene rings is 2. The molecule has 1 amide bonds. The molecule has 0 saturated carbocycles. The molecule has 2 N–H and O–H groups in total. The molecular weight excluding hydrogens is 548 g/mol. The fourth-order valence-electron chi connectivity index (χ4n) is 4.92. The van der Waals surface area contributed by atoms with Crippen LogP contribution in [0.15, 0.2) is 42.5 Å². The number of ether oxygens (including phenoxy) is 3. The van der Waals surface area contributed by atoms with E-state index in [1.54, 1.807) is 31.4 Å². The van der Waals surface area contributed by atoms with Gasteiger partial charge in [0.25, 0.3) is 0 Å². The van der Waals surface area contributed by atoms with Crippen molar-refractivity contribution in [2.45, 2.75) is 69.3 Å². The maximum absolute atomic E-state index is 13.7. The molecule has 0 bridgehead atoms. The van der Waals surface area contributed by atoms with Gasteiger partial charge in [0.2, 0.25) is 5.91 Å². The molecular formula is C29H34F4N2O6. The van der Waals surface area contributed by atoms with Crippen LogP contribution in [0, 0.1) is 0 Å². The van der Waals surface area contributed by atoms with E-state index in [0.29, 0.717) is 43.5 Å². The van der Waals surface area contributed by atoms with Crippen LogP contribution in [0.3, 0.4) is 0 Å². The average Bonchev–Trinajstić information content (AvgIpc) is 3.45. The Labute approximate surface area is 235 Å². The van der Waals surface area contributed by atoms with Gasteiger partial charge in [0.05, 0.1) is 13.2 Å². The number of hydrogen-bond acceptors (Lipinski definition) is 7. The lowest BCUT2D eigenvalue weighted by Crippen LogP contribution is -2.52. The Morgan fingerprint density at radius 1 is 0.951 bits per heavy atom. The van der Waals surface area contributed by atoms with E-state index in [4.69, 9.17) is 4.74 Å². The van der Waals surface area contributed by atoms with Gasteiger partial charge in [-0.15, -0.1) is 0 Å². The Bertz CT molecular complexity index is 1200. The summed E-state index contributed by atoms with van der Waals surface area (Å²) in [5, 5.41) is 14.0. The van der Waals surface area contributed by atoms with Crippen molar-refractivity contribution in [1.82, 2.24) is 10.2 Å². The summed E-state index contributed by atoms with van der Waals surface area (Å²) < 4.78 is 67.8. The summed E-state index contributed by atoms with van der Waals surface area (Å²) in [6, 6.07) is 9.40. The van der Waals surface area contributed by atoms with Crippen LogP contribution in [0.4, 0.5) is 17.6 Å². The third-order valence-corrected chi connectivity index (χ3v) is 7.23. The predicted molar refractivity (Wildman–Crippen MR) is 141 cm³/mol. The van der Waals surface area contributed by atoms with Gasteiger partial charge in [0.15, 0.2) is 17.3 Å². The molecule has 2 aromatic rings. The number of nitrogens with zero attached hydrogens (tertiary/aromatic N) is 1. The van der Waals surface area contributed by atoms with Crippen LogP contribution in [-0.2, 0) is 4.79 Å². The lowest BCUT2D eigenvalue weighted by atomic mass is 10.00.